The van der Waals surface area contributed by atoms with Gasteiger partial charge < -0.3 is 9.84 Å². The zero-order chi connectivity index (χ0) is 17.3. The highest BCUT2D eigenvalue weighted by Gasteiger charge is 2.64. The van der Waals surface area contributed by atoms with Gasteiger partial charge in [0.1, 0.15) is 0 Å². The number of hydrogen-bond donors (Lipinski definition) is 2. The van der Waals surface area contributed by atoms with Gasteiger partial charge in [-0.05, 0) is 64.7 Å². The molecule has 2 aliphatic carbocycles. The third kappa shape index (κ3) is 3.16. The Labute approximate surface area is 150 Å². The van der Waals surface area contributed by atoms with Gasteiger partial charge in [-0.25, -0.2) is 5.43 Å². The number of hydrazone groups is 1. The smallest absolute Gasteiger partial charge is 0.244 e. The zero-order valence-electron chi connectivity index (χ0n) is 14.0. The van der Waals surface area contributed by atoms with Crippen LogP contribution in [0.4, 0.5) is 0 Å². The van der Waals surface area contributed by atoms with Crippen molar-refractivity contribution in [3.05, 3.63) is 22.2 Å². The lowest BCUT2D eigenvalue weighted by atomic mass is 9.90. The van der Waals surface area contributed by atoms with Crippen LogP contribution in [0.25, 0.3) is 0 Å². The molecule has 1 aromatic carbocycles. The first kappa shape index (κ1) is 17.3. The lowest BCUT2D eigenvalue weighted by molar-refractivity contribution is -0.123. The van der Waals surface area contributed by atoms with Crippen LogP contribution in [0.5, 0.6) is 11.5 Å². The Hall–Kier alpha value is -1.56. The first-order valence-corrected chi connectivity index (χ1v) is 9.25. The number of phenolic OH excluding ortho intramolecular Hbond substituents is 1. The van der Waals surface area contributed by atoms with Crippen LogP contribution in [-0.2, 0) is 4.79 Å². The Kier molecular flexibility index (Phi) is 4.85. The van der Waals surface area contributed by atoms with Gasteiger partial charge in [0.2, 0.25) is 5.91 Å². The van der Waals surface area contributed by atoms with Crippen LogP contribution in [0.3, 0.4) is 0 Å². The highest BCUT2D eigenvalue weighted by Crippen LogP contribution is 2.66. The van der Waals surface area contributed by atoms with Gasteiger partial charge >= 0.3 is 0 Å². The molecule has 1 amide bonds. The lowest BCUT2D eigenvalue weighted by Gasteiger charge is -2.15. The molecule has 2 fully saturated rings. The second kappa shape index (κ2) is 6.75. The molecule has 0 radical (unpaired) electrons. The van der Waals surface area contributed by atoms with E-state index in [4.69, 9.17) is 4.74 Å². The van der Waals surface area contributed by atoms with E-state index in [9.17, 15) is 9.90 Å². The fourth-order valence-electron chi connectivity index (χ4n) is 4.02. The van der Waals surface area contributed by atoms with Gasteiger partial charge in [-0.3, -0.25) is 4.79 Å². The normalized spacial score (nSPS) is 28.5. The lowest BCUT2D eigenvalue weighted by Crippen LogP contribution is -2.22. The van der Waals surface area contributed by atoms with E-state index >= 15 is 0 Å². The van der Waals surface area contributed by atoms with Crippen LogP contribution in [0.2, 0.25) is 0 Å². The van der Waals surface area contributed by atoms with E-state index < -0.39 is 0 Å². The van der Waals surface area contributed by atoms with Crippen molar-refractivity contribution in [2.24, 2.45) is 22.4 Å². The van der Waals surface area contributed by atoms with Gasteiger partial charge in [0, 0.05) is 5.92 Å². The van der Waals surface area contributed by atoms with E-state index in [1.54, 1.807) is 18.3 Å². The predicted octanol–water partition coefficient (Wildman–Crippen LogP) is 3.83. The van der Waals surface area contributed by atoms with Crippen LogP contribution in [-0.4, -0.2) is 23.8 Å². The van der Waals surface area contributed by atoms with Gasteiger partial charge in [0.25, 0.3) is 0 Å². The average Bonchev–Trinajstić information content (AvgIpc) is 3.18. The number of aromatic hydroxyl groups is 1. The third-order valence-electron chi connectivity index (χ3n) is 5.35. The van der Waals surface area contributed by atoms with Crippen LogP contribution in [0.15, 0.2) is 21.7 Å². The fourth-order valence-corrected chi connectivity index (χ4v) is 4.48. The molecule has 3 unspecified atom stereocenters. The van der Waals surface area contributed by atoms with Crippen molar-refractivity contribution in [3.8, 4) is 11.5 Å². The van der Waals surface area contributed by atoms with Crippen LogP contribution in [0.1, 0.15) is 45.1 Å². The summed E-state index contributed by atoms with van der Waals surface area (Å²) in [7, 11) is 0. The molecule has 0 saturated heterocycles. The van der Waals surface area contributed by atoms with Gasteiger partial charge in [0.05, 0.1) is 17.3 Å². The maximum absolute atomic E-state index is 12.4. The van der Waals surface area contributed by atoms with E-state index in [0.717, 1.165) is 18.4 Å². The second-order valence-corrected chi connectivity index (χ2v) is 7.71. The minimum Gasteiger partial charge on any atom is -0.503 e. The number of carbonyl (C=O) groups is 1. The fraction of sp³-hybridized carbons (Fsp3) is 0.556. The average molecular weight is 395 g/mol. The van der Waals surface area contributed by atoms with Gasteiger partial charge in [-0.2, -0.15) is 5.10 Å². The van der Waals surface area contributed by atoms with E-state index in [0.29, 0.717) is 22.7 Å². The summed E-state index contributed by atoms with van der Waals surface area (Å²) in [6, 6.07) is 3.42. The molecular formula is C18H23BrN2O3. The predicted molar refractivity (Wildman–Crippen MR) is 96.3 cm³/mol. The number of phenols is 1. The molecule has 3 rings (SSSR count). The molecule has 0 aromatic heterocycles. The molecule has 2 aliphatic rings. The van der Waals surface area contributed by atoms with Crippen molar-refractivity contribution < 1.29 is 14.6 Å². The molecule has 0 spiro atoms. The van der Waals surface area contributed by atoms with Crippen molar-refractivity contribution in [3.63, 3.8) is 0 Å². The number of benzene rings is 1. The highest BCUT2D eigenvalue weighted by atomic mass is 79.9. The van der Waals surface area contributed by atoms with Crippen molar-refractivity contribution in [2.75, 3.05) is 6.61 Å². The molecular weight excluding hydrogens is 372 g/mol. The quantitative estimate of drug-likeness (QED) is 0.588. The summed E-state index contributed by atoms with van der Waals surface area (Å²) >= 11 is 3.29. The van der Waals surface area contributed by atoms with Crippen LogP contribution < -0.4 is 10.2 Å². The zero-order valence-corrected chi connectivity index (χ0v) is 15.6. The van der Waals surface area contributed by atoms with E-state index in [-0.39, 0.29) is 23.0 Å². The molecule has 2 saturated carbocycles. The van der Waals surface area contributed by atoms with Gasteiger partial charge in [-0.15, -0.1) is 0 Å². The summed E-state index contributed by atoms with van der Waals surface area (Å²) < 4.78 is 5.91. The number of fused-ring (bicyclic) bond motifs is 1. The molecule has 3 atom stereocenters. The molecule has 5 nitrogen and oxygen atoms in total. The summed E-state index contributed by atoms with van der Waals surface area (Å²) in [5, 5.41) is 14.0. The first-order chi connectivity index (χ1) is 11.5. The number of halogens is 1. The monoisotopic (exact) mass is 394 g/mol. The van der Waals surface area contributed by atoms with E-state index in [1.165, 1.54) is 12.8 Å². The van der Waals surface area contributed by atoms with Crippen molar-refractivity contribution >= 4 is 28.1 Å². The standard InChI is InChI=1S/C18H23BrN2O3/c1-3-24-14-9-11(8-13(19)16(14)22)10-20-21-17(23)15-12-6-4-5-7-18(12,15)2/h8-10,12,15,22H,3-7H2,1-2H3,(H,21,23). The summed E-state index contributed by atoms with van der Waals surface area (Å²) in [5.41, 5.74) is 3.59. The Morgan fingerprint density at radius 1 is 1.54 bits per heavy atom. The molecule has 130 valence electrons. The molecule has 1 aromatic rings. The van der Waals surface area contributed by atoms with Crippen LogP contribution >= 0.6 is 15.9 Å². The number of nitrogens with zero attached hydrogens (tertiary/aromatic N) is 1. The largest absolute Gasteiger partial charge is 0.503 e. The van der Waals surface area contributed by atoms with Crippen molar-refractivity contribution in [2.45, 2.75) is 39.5 Å². The number of amides is 1. The summed E-state index contributed by atoms with van der Waals surface area (Å²) in [6.45, 7) is 4.53. The minimum absolute atomic E-state index is 0.0172. The third-order valence-corrected chi connectivity index (χ3v) is 5.96. The molecule has 24 heavy (non-hydrogen) atoms. The molecule has 6 heteroatoms. The number of carbonyl (C=O) groups excluding carboxylic acids is 1. The molecule has 2 N–H and O–H groups in total. The van der Waals surface area contributed by atoms with E-state index in [1.807, 2.05) is 6.92 Å². The van der Waals surface area contributed by atoms with Crippen LogP contribution in [0, 0.1) is 17.3 Å². The van der Waals surface area contributed by atoms with Crippen molar-refractivity contribution in [1.29, 1.82) is 0 Å². The van der Waals surface area contributed by atoms with Crippen molar-refractivity contribution in [1.82, 2.24) is 5.43 Å². The summed E-state index contributed by atoms with van der Waals surface area (Å²) in [5.74, 6) is 1.09. The van der Waals surface area contributed by atoms with Gasteiger partial charge in [-0.1, -0.05) is 19.8 Å². The minimum atomic E-state index is 0.0172. The summed E-state index contributed by atoms with van der Waals surface area (Å²) in [6.07, 6.45) is 6.32. The Bertz CT molecular complexity index is 676. The molecule has 0 heterocycles. The second-order valence-electron chi connectivity index (χ2n) is 6.85. The molecule has 0 bridgehead atoms. The number of rotatable bonds is 5. The SMILES string of the molecule is CCOc1cc(C=NNC(=O)C2C3CCCCC32C)cc(Br)c1O. The Balaban J connectivity index is 1.63. The maximum atomic E-state index is 12.4. The summed E-state index contributed by atoms with van der Waals surface area (Å²) in [4.78, 5) is 12.4. The Morgan fingerprint density at radius 3 is 3.00 bits per heavy atom. The number of hydrogen-bond acceptors (Lipinski definition) is 4. The topological polar surface area (TPSA) is 70.9 Å². The van der Waals surface area contributed by atoms with Gasteiger partial charge in [0.15, 0.2) is 11.5 Å². The highest BCUT2D eigenvalue weighted by molar-refractivity contribution is 9.10. The molecule has 0 aliphatic heterocycles. The van der Waals surface area contributed by atoms with E-state index in [2.05, 4.69) is 33.4 Å². The number of nitrogens with one attached hydrogen (secondary N) is 1. The first-order valence-electron chi connectivity index (χ1n) is 8.45. The number of ether oxygens (including phenoxy) is 1. The maximum Gasteiger partial charge on any atom is 0.244 e. The Morgan fingerprint density at radius 2 is 2.33 bits per heavy atom.